The van der Waals surface area contributed by atoms with E-state index in [2.05, 4.69) is 34.3 Å². The normalized spacial score (nSPS) is 21.3. The summed E-state index contributed by atoms with van der Waals surface area (Å²) in [5, 5.41) is 4.74. The van der Waals surface area contributed by atoms with Crippen LogP contribution in [0.25, 0.3) is 21.8 Å². The lowest BCUT2D eigenvalue weighted by Crippen LogP contribution is -2.21. The number of hydrogen-bond donors (Lipinski definition) is 1. The highest BCUT2D eigenvalue weighted by Crippen LogP contribution is 2.44. The summed E-state index contributed by atoms with van der Waals surface area (Å²) in [6.07, 6.45) is 6.27. The molecule has 4 aromatic rings. The average Bonchev–Trinajstić information content (AvgIpc) is 3.35. The number of imide groups is 1. The Hall–Kier alpha value is -3.34. The minimum absolute atomic E-state index is 0.198. The predicted molar refractivity (Wildman–Crippen MR) is 112 cm³/mol. The monoisotopic (exact) mass is 383 g/mol. The van der Waals surface area contributed by atoms with Gasteiger partial charge in [-0.3, -0.25) is 14.9 Å². The Balaban J connectivity index is 1.59. The molecule has 0 bridgehead atoms. The number of rotatable bonds is 2. The third kappa shape index (κ3) is 2.21. The van der Waals surface area contributed by atoms with Crippen molar-refractivity contribution in [3.05, 3.63) is 71.5 Å². The van der Waals surface area contributed by atoms with E-state index in [1.54, 1.807) is 0 Å². The number of nitrogens with one attached hydrogen (secondary N) is 1. The maximum absolute atomic E-state index is 13.0. The molecule has 2 amide bonds. The number of nitrogens with zero attached hydrogens (tertiary/aromatic N) is 2. The maximum Gasteiger partial charge on any atom is 0.235 e. The molecule has 0 unspecified atom stereocenters. The maximum atomic E-state index is 13.0. The fourth-order valence-electron chi connectivity index (χ4n) is 5.37. The Labute approximate surface area is 167 Å². The van der Waals surface area contributed by atoms with E-state index in [1.807, 2.05) is 42.1 Å². The first-order valence-corrected chi connectivity index (χ1v) is 10.1. The molecule has 0 aliphatic carbocycles. The van der Waals surface area contributed by atoms with Crippen LogP contribution in [0.5, 0.6) is 0 Å². The second kappa shape index (κ2) is 5.83. The van der Waals surface area contributed by atoms with Crippen LogP contribution in [0.3, 0.4) is 0 Å². The molecule has 2 atom stereocenters. The topological polar surface area (TPSA) is 56.0 Å². The molecule has 2 aliphatic rings. The van der Waals surface area contributed by atoms with E-state index in [4.69, 9.17) is 0 Å². The van der Waals surface area contributed by atoms with Crippen LogP contribution in [0.1, 0.15) is 34.9 Å². The van der Waals surface area contributed by atoms with Crippen molar-refractivity contribution >= 4 is 33.6 Å². The van der Waals surface area contributed by atoms with Crippen molar-refractivity contribution in [2.75, 3.05) is 0 Å². The second-order valence-corrected chi connectivity index (χ2v) is 8.22. The third-order valence-electron chi connectivity index (χ3n) is 6.60. The van der Waals surface area contributed by atoms with E-state index in [9.17, 15) is 9.59 Å². The van der Waals surface area contributed by atoms with Crippen LogP contribution in [-0.2, 0) is 29.6 Å². The lowest BCUT2D eigenvalue weighted by Gasteiger charge is -2.15. The molecule has 29 heavy (non-hydrogen) atoms. The summed E-state index contributed by atoms with van der Waals surface area (Å²) < 4.78 is 4.30. The Morgan fingerprint density at radius 3 is 2.45 bits per heavy atom. The van der Waals surface area contributed by atoms with Crippen molar-refractivity contribution in [2.24, 2.45) is 7.05 Å². The molecule has 2 aromatic carbocycles. The van der Waals surface area contributed by atoms with Gasteiger partial charge in [0.15, 0.2) is 0 Å². The summed E-state index contributed by atoms with van der Waals surface area (Å²) in [6.45, 7) is 0.953. The van der Waals surface area contributed by atoms with Gasteiger partial charge in [-0.05, 0) is 35.6 Å². The van der Waals surface area contributed by atoms with Gasteiger partial charge in [0, 0.05) is 42.3 Å². The highest BCUT2D eigenvalue weighted by atomic mass is 16.2. The van der Waals surface area contributed by atoms with Crippen molar-refractivity contribution in [1.82, 2.24) is 14.5 Å². The highest BCUT2D eigenvalue weighted by molar-refractivity contribution is 6.13. The largest absolute Gasteiger partial charge is 0.350 e. The van der Waals surface area contributed by atoms with Gasteiger partial charge in [-0.1, -0.05) is 36.4 Å². The SMILES string of the molecule is Cn1cc([C@H]2C(=O)NC(=O)[C@@H]2c2cn3c4c(cccc24)CCC3)c2ccccc21. The number of carbonyl (C=O) groups excluding carboxylic acids is 2. The van der Waals surface area contributed by atoms with Crippen molar-refractivity contribution < 1.29 is 9.59 Å². The van der Waals surface area contributed by atoms with Crippen LogP contribution in [-0.4, -0.2) is 20.9 Å². The predicted octanol–water partition coefficient (Wildman–Crippen LogP) is 3.60. The number of para-hydroxylation sites is 2. The third-order valence-corrected chi connectivity index (χ3v) is 6.60. The molecule has 2 aliphatic heterocycles. The molecule has 5 heteroatoms. The summed E-state index contributed by atoms with van der Waals surface area (Å²) in [4.78, 5) is 26.0. The van der Waals surface area contributed by atoms with Crippen LogP contribution < -0.4 is 5.32 Å². The van der Waals surface area contributed by atoms with Crippen LogP contribution in [0, 0.1) is 0 Å². The molecule has 0 radical (unpaired) electrons. The zero-order valence-electron chi connectivity index (χ0n) is 16.2. The van der Waals surface area contributed by atoms with E-state index >= 15 is 0 Å². The summed E-state index contributed by atoms with van der Waals surface area (Å²) >= 11 is 0. The van der Waals surface area contributed by atoms with E-state index in [-0.39, 0.29) is 11.8 Å². The van der Waals surface area contributed by atoms with Crippen LogP contribution in [0.15, 0.2) is 54.9 Å². The Morgan fingerprint density at radius 1 is 0.897 bits per heavy atom. The number of carbonyl (C=O) groups is 2. The first kappa shape index (κ1) is 16.6. The molecule has 1 N–H and O–H groups in total. The minimum atomic E-state index is -0.517. The van der Waals surface area contributed by atoms with Gasteiger partial charge in [-0.25, -0.2) is 0 Å². The summed E-state index contributed by atoms with van der Waals surface area (Å²) in [6, 6.07) is 14.4. The minimum Gasteiger partial charge on any atom is -0.350 e. The van der Waals surface area contributed by atoms with E-state index in [0.717, 1.165) is 46.8 Å². The molecule has 5 nitrogen and oxygen atoms in total. The molecule has 2 aromatic heterocycles. The zero-order valence-corrected chi connectivity index (χ0v) is 16.2. The standard InChI is InChI=1S/C24H21N3O2/c1-26-12-17(15-8-2-3-10-19(15)26)20-21(24(29)25-23(20)28)18-13-27-11-5-7-14-6-4-9-16(18)22(14)27/h2-4,6,8-10,12-13,20-21H,5,7,11H2,1H3,(H,25,28,29)/t20-,21-/m1/s1. The quantitative estimate of drug-likeness (QED) is 0.538. The van der Waals surface area contributed by atoms with Gasteiger partial charge in [-0.2, -0.15) is 0 Å². The Bertz CT molecular complexity index is 1330. The Morgan fingerprint density at radius 2 is 1.62 bits per heavy atom. The number of fused-ring (bicyclic) bond motifs is 1. The number of aryl methyl sites for hydroxylation is 3. The average molecular weight is 383 g/mol. The second-order valence-electron chi connectivity index (χ2n) is 8.22. The molecule has 1 saturated heterocycles. The molecule has 6 rings (SSSR count). The number of amides is 2. The van der Waals surface area contributed by atoms with Gasteiger partial charge < -0.3 is 9.13 Å². The number of aromatic nitrogens is 2. The fourth-order valence-corrected chi connectivity index (χ4v) is 5.37. The molecular weight excluding hydrogens is 362 g/mol. The van der Waals surface area contributed by atoms with E-state index in [0.29, 0.717) is 0 Å². The van der Waals surface area contributed by atoms with E-state index in [1.165, 1.54) is 11.1 Å². The van der Waals surface area contributed by atoms with Gasteiger partial charge in [0.25, 0.3) is 0 Å². The molecule has 4 heterocycles. The lowest BCUT2D eigenvalue weighted by atomic mass is 9.83. The molecular formula is C24H21N3O2. The fraction of sp³-hybridized carbons (Fsp3) is 0.250. The molecule has 1 fully saturated rings. The van der Waals surface area contributed by atoms with Gasteiger partial charge >= 0.3 is 0 Å². The number of hydrogen-bond acceptors (Lipinski definition) is 2. The Kier molecular flexibility index (Phi) is 3.34. The van der Waals surface area contributed by atoms with Gasteiger partial charge in [0.05, 0.1) is 17.4 Å². The lowest BCUT2D eigenvalue weighted by molar-refractivity contribution is -0.125. The highest BCUT2D eigenvalue weighted by Gasteiger charge is 2.46. The molecule has 0 spiro atoms. The number of benzene rings is 2. The summed E-state index contributed by atoms with van der Waals surface area (Å²) in [5.74, 6) is -1.43. The van der Waals surface area contributed by atoms with Crippen molar-refractivity contribution in [2.45, 2.75) is 31.2 Å². The molecule has 0 saturated carbocycles. The van der Waals surface area contributed by atoms with E-state index < -0.39 is 11.8 Å². The van der Waals surface area contributed by atoms with Crippen LogP contribution >= 0.6 is 0 Å². The van der Waals surface area contributed by atoms with Gasteiger partial charge in [0.1, 0.15) is 0 Å². The zero-order chi connectivity index (χ0) is 19.7. The van der Waals surface area contributed by atoms with Crippen LogP contribution in [0.2, 0.25) is 0 Å². The molecule has 144 valence electrons. The van der Waals surface area contributed by atoms with Crippen molar-refractivity contribution in [3.63, 3.8) is 0 Å². The first-order valence-electron chi connectivity index (χ1n) is 10.1. The summed E-state index contributed by atoms with van der Waals surface area (Å²) in [7, 11) is 1.98. The van der Waals surface area contributed by atoms with Gasteiger partial charge in [-0.15, -0.1) is 0 Å². The summed E-state index contributed by atoms with van der Waals surface area (Å²) in [5.41, 5.74) is 5.49. The van der Waals surface area contributed by atoms with Gasteiger partial charge in [0.2, 0.25) is 11.8 Å². The first-order chi connectivity index (χ1) is 14.1. The smallest absolute Gasteiger partial charge is 0.235 e. The van der Waals surface area contributed by atoms with Crippen molar-refractivity contribution in [3.8, 4) is 0 Å². The van der Waals surface area contributed by atoms with Crippen LogP contribution in [0.4, 0.5) is 0 Å². The van der Waals surface area contributed by atoms with Crippen molar-refractivity contribution in [1.29, 1.82) is 0 Å².